The number of anilines is 1. The summed E-state index contributed by atoms with van der Waals surface area (Å²) < 4.78 is 27.8. The highest BCUT2D eigenvalue weighted by Gasteiger charge is 2.28. The van der Waals surface area contributed by atoms with Crippen LogP contribution in [0.3, 0.4) is 0 Å². The van der Waals surface area contributed by atoms with Crippen molar-refractivity contribution < 1.29 is 13.6 Å². The van der Waals surface area contributed by atoms with Crippen LogP contribution < -0.4 is 5.32 Å². The van der Waals surface area contributed by atoms with E-state index in [4.69, 9.17) is 0 Å². The Balaban J connectivity index is 1.70. The Morgan fingerprint density at radius 3 is 2.68 bits per heavy atom. The molecule has 4 rings (SSSR count). The zero-order valence-corrected chi connectivity index (χ0v) is 14.4. The predicted octanol–water partition coefficient (Wildman–Crippen LogP) is 3.87. The number of fused-ring (bicyclic) bond motifs is 1. The van der Waals surface area contributed by atoms with Crippen LogP contribution in [0.1, 0.15) is 57.6 Å². The molecule has 3 aromatic heterocycles. The Labute approximate surface area is 145 Å². The van der Waals surface area contributed by atoms with E-state index in [-0.39, 0.29) is 23.0 Å². The smallest absolute Gasteiger partial charge is 0.280 e. The van der Waals surface area contributed by atoms with Gasteiger partial charge in [0, 0.05) is 22.6 Å². The van der Waals surface area contributed by atoms with E-state index in [9.17, 15) is 13.6 Å². The fourth-order valence-corrected chi connectivity index (χ4v) is 3.37. The first-order chi connectivity index (χ1) is 11.9. The molecule has 0 radical (unpaired) electrons. The molecule has 3 heterocycles. The Morgan fingerprint density at radius 1 is 1.32 bits per heavy atom. The van der Waals surface area contributed by atoms with Crippen molar-refractivity contribution in [3.63, 3.8) is 0 Å². The number of aryl methyl sites for hydroxylation is 2. The van der Waals surface area contributed by atoms with E-state index in [1.165, 1.54) is 23.5 Å². The average Bonchev–Trinajstić information content (AvgIpc) is 3.24. The minimum atomic E-state index is -2.69. The number of carbonyl (C=O) groups is 1. The van der Waals surface area contributed by atoms with E-state index < -0.39 is 12.3 Å². The van der Waals surface area contributed by atoms with E-state index in [0.29, 0.717) is 10.8 Å². The quantitative estimate of drug-likeness (QED) is 0.764. The fraction of sp³-hybridized carbons (Fsp3) is 0.375. The van der Waals surface area contributed by atoms with E-state index in [2.05, 4.69) is 20.4 Å². The monoisotopic (exact) mass is 363 g/mol. The molecule has 9 heteroatoms. The molecule has 3 aromatic rings. The first-order valence-corrected chi connectivity index (χ1v) is 8.68. The summed E-state index contributed by atoms with van der Waals surface area (Å²) in [4.78, 5) is 22.0. The molecule has 1 aliphatic rings. The van der Waals surface area contributed by atoms with Crippen LogP contribution in [-0.4, -0.2) is 25.5 Å². The van der Waals surface area contributed by atoms with E-state index in [0.717, 1.165) is 27.9 Å². The number of amides is 1. The van der Waals surface area contributed by atoms with Gasteiger partial charge in [0.25, 0.3) is 12.3 Å². The Morgan fingerprint density at radius 2 is 2.08 bits per heavy atom. The number of hydrogen-bond acceptors (Lipinski definition) is 5. The number of thiazole rings is 1. The third-order valence-corrected chi connectivity index (χ3v) is 5.16. The molecule has 130 valence electrons. The van der Waals surface area contributed by atoms with Crippen LogP contribution in [0.4, 0.5) is 13.9 Å². The summed E-state index contributed by atoms with van der Waals surface area (Å²) in [6.07, 6.45) is -0.783. The lowest BCUT2D eigenvalue weighted by molar-refractivity contribution is 0.102. The van der Waals surface area contributed by atoms with E-state index in [1.807, 2.05) is 13.8 Å². The van der Waals surface area contributed by atoms with E-state index in [1.54, 1.807) is 0 Å². The van der Waals surface area contributed by atoms with Crippen LogP contribution in [0.15, 0.2) is 12.1 Å². The standard InChI is InChI=1S/C16H15F2N5OS/c1-7-8(2)25-16(19-7)21-15(24)11-6-13-20-10(9-3-4-9)5-12(14(17)18)23(13)22-11/h5-6,9,14H,3-4H2,1-2H3,(H,19,21,24). The maximum atomic E-state index is 13.4. The van der Waals surface area contributed by atoms with Gasteiger partial charge in [-0.25, -0.2) is 23.3 Å². The minimum Gasteiger partial charge on any atom is -0.296 e. The fourth-order valence-electron chi connectivity index (χ4n) is 2.56. The molecule has 0 unspecified atom stereocenters. The normalized spacial score (nSPS) is 14.4. The summed E-state index contributed by atoms with van der Waals surface area (Å²) in [6, 6.07) is 2.82. The van der Waals surface area contributed by atoms with Crippen molar-refractivity contribution in [2.24, 2.45) is 0 Å². The Bertz CT molecular complexity index is 957. The average molecular weight is 363 g/mol. The third-order valence-electron chi connectivity index (χ3n) is 4.18. The summed E-state index contributed by atoms with van der Waals surface area (Å²) in [5.74, 6) is -0.261. The van der Waals surface area contributed by atoms with Crippen LogP contribution in [0.25, 0.3) is 5.65 Å². The van der Waals surface area contributed by atoms with Crippen molar-refractivity contribution in [3.8, 4) is 0 Å². The molecule has 0 aromatic carbocycles. The summed E-state index contributed by atoms with van der Waals surface area (Å²) in [6.45, 7) is 3.76. The number of rotatable bonds is 4. The van der Waals surface area contributed by atoms with E-state index >= 15 is 0 Å². The molecule has 0 atom stereocenters. The minimum absolute atomic E-state index is 0.0350. The maximum absolute atomic E-state index is 13.4. The van der Waals surface area contributed by atoms with Gasteiger partial charge in [-0.1, -0.05) is 0 Å². The van der Waals surface area contributed by atoms with Gasteiger partial charge in [-0.3, -0.25) is 10.1 Å². The second-order valence-corrected chi connectivity index (χ2v) is 7.30. The topological polar surface area (TPSA) is 72.2 Å². The lowest BCUT2D eigenvalue weighted by atomic mass is 10.2. The largest absolute Gasteiger partial charge is 0.296 e. The van der Waals surface area contributed by atoms with Crippen LogP contribution in [0.2, 0.25) is 0 Å². The second-order valence-electron chi connectivity index (χ2n) is 6.10. The van der Waals surface area contributed by atoms with Crippen molar-refractivity contribution in [3.05, 3.63) is 39.8 Å². The van der Waals surface area contributed by atoms with Gasteiger partial charge in [-0.2, -0.15) is 5.10 Å². The van der Waals surface area contributed by atoms with Crippen molar-refractivity contribution in [2.75, 3.05) is 5.32 Å². The number of halogens is 2. The van der Waals surface area contributed by atoms with Gasteiger partial charge in [0.1, 0.15) is 5.69 Å². The predicted molar refractivity (Wildman–Crippen MR) is 89.5 cm³/mol. The zero-order valence-electron chi connectivity index (χ0n) is 13.6. The summed E-state index contributed by atoms with van der Waals surface area (Å²) >= 11 is 1.35. The van der Waals surface area contributed by atoms with Gasteiger partial charge in [0.15, 0.2) is 16.5 Å². The first-order valence-electron chi connectivity index (χ1n) is 7.86. The molecule has 1 saturated carbocycles. The number of nitrogens with zero attached hydrogens (tertiary/aromatic N) is 4. The van der Waals surface area contributed by atoms with Gasteiger partial charge in [-0.05, 0) is 32.8 Å². The molecule has 1 amide bonds. The molecule has 0 spiro atoms. The van der Waals surface area contributed by atoms with Gasteiger partial charge >= 0.3 is 0 Å². The third kappa shape index (κ3) is 2.99. The van der Waals surface area contributed by atoms with Gasteiger partial charge in [0.2, 0.25) is 0 Å². The van der Waals surface area contributed by atoms with Gasteiger partial charge in [0.05, 0.1) is 5.69 Å². The molecular formula is C16H15F2N5OS. The summed E-state index contributed by atoms with van der Waals surface area (Å²) in [5, 5.41) is 7.13. The van der Waals surface area contributed by atoms with Gasteiger partial charge < -0.3 is 0 Å². The molecular weight excluding hydrogens is 348 g/mol. The number of hydrogen-bond donors (Lipinski definition) is 1. The number of carbonyl (C=O) groups excluding carboxylic acids is 1. The summed E-state index contributed by atoms with van der Waals surface area (Å²) in [5.41, 5.74) is 1.53. The summed E-state index contributed by atoms with van der Waals surface area (Å²) in [7, 11) is 0. The van der Waals surface area contributed by atoms with Crippen molar-refractivity contribution in [1.82, 2.24) is 19.6 Å². The lowest BCUT2D eigenvalue weighted by Gasteiger charge is -2.06. The van der Waals surface area contributed by atoms with Crippen molar-refractivity contribution >= 4 is 28.0 Å². The van der Waals surface area contributed by atoms with Crippen LogP contribution in [0, 0.1) is 13.8 Å². The molecule has 1 aliphatic carbocycles. The molecule has 0 bridgehead atoms. The zero-order chi connectivity index (χ0) is 17.7. The highest BCUT2D eigenvalue weighted by Crippen LogP contribution is 2.40. The molecule has 0 saturated heterocycles. The van der Waals surface area contributed by atoms with Crippen LogP contribution >= 0.6 is 11.3 Å². The highest BCUT2D eigenvalue weighted by atomic mass is 32.1. The van der Waals surface area contributed by atoms with Crippen molar-refractivity contribution in [2.45, 2.75) is 39.0 Å². The lowest BCUT2D eigenvalue weighted by Crippen LogP contribution is -2.13. The second kappa shape index (κ2) is 5.83. The molecule has 0 aliphatic heterocycles. The Kier molecular flexibility index (Phi) is 3.75. The number of nitrogens with one attached hydrogen (secondary N) is 1. The molecule has 25 heavy (non-hydrogen) atoms. The molecule has 1 fully saturated rings. The maximum Gasteiger partial charge on any atom is 0.280 e. The van der Waals surface area contributed by atoms with Gasteiger partial charge in [-0.15, -0.1) is 11.3 Å². The molecule has 1 N–H and O–H groups in total. The van der Waals surface area contributed by atoms with Crippen LogP contribution in [0.5, 0.6) is 0 Å². The number of aromatic nitrogens is 4. The Hall–Kier alpha value is -2.42. The van der Waals surface area contributed by atoms with Crippen molar-refractivity contribution in [1.29, 1.82) is 0 Å². The molecule has 6 nitrogen and oxygen atoms in total. The first kappa shape index (κ1) is 16.1. The highest BCUT2D eigenvalue weighted by molar-refractivity contribution is 7.15. The SMILES string of the molecule is Cc1nc(NC(=O)c2cc3nc(C4CC4)cc(C(F)F)n3n2)sc1C. The number of alkyl halides is 2. The van der Waals surface area contributed by atoms with Crippen LogP contribution in [-0.2, 0) is 0 Å².